The maximum Gasteiger partial charge on any atom is 0.314 e. The molecule has 0 saturated carbocycles. The zero-order valence-electron chi connectivity index (χ0n) is 17.2. The van der Waals surface area contributed by atoms with E-state index in [2.05, 4.69) is 11.4 Å². The number of carbonyl (C=O) groups excluding carboxylic acids is 1. The molecule has 150 valence electrons. The Morgan fingerprint density at radius 1 is 1.26 bits per heavy atom. The molecular weight excluding hydrogens is 342 g/mol. The van der Waals surface area contributed by atoms with Crippen molar-refractivity contribution in [3.05, 3.63) is 29.8 Å². The number of fused-ring (bicyclic) bond motifs is 1. The lowest BCUT2D eigenvalue weighted by atomic mass is 9.68. The molecule has 1 fully saturated rings. The fourth-order valence-electron chi connectivity index (χ4n) is 4.20. The van der Waals surface area contributed by atoms with E-state index in [0.717, 1.165) is 37.2 Å². The Kier molecular flexibility index (Phi) is 5.82. The Bertz CT molecular complexity index is 659. The lowest BCUT2D eigenvalue weighted by Crippen LogP contribution is -2.59. The molecule has 1 aromatic rings. The van der Waals surface area contributed by atoms with Crippen LogP contribution in [0.3, 0.4) is 0 Å². The van der Waals surface area contributed by atoms with E-state index in [-0.39, 0.29) is 23.9 Å². The second-order valence-electron chi connectivity index (χ2n) is 8.95. The van der Waals surface area contributed by atoms with E-state index in [1.54, 1.807) is 0 Å². The van der Waals surface area contributed by atoms with Crippen LogP contribution in [0.2, 0.25) is 0 Å². The monoisotopic (exact) mass is 375 g/mol. The standard InChI is InChI=1S/C22H33NO4/c1-15(2)25-14-17-16-8-6-7-9-18(16)26-22(10-12-23-13-11-22)19(17)20(24)27-21(3,4)5/h6-9,15,17,19,23H,10-14H2,1-5H3. The molecule has 1 spiro atoms. The minimum Gasteiger partial charge on any atom is -0.486 e. The van der Waals surface area contributed by atoms with Crippen LogP contribution < -0.4 is 10.1 Å². The van der Waals surface area contributed by atoms with Crippen molar-refractivity contribution < 1.29 is 19.0 Å². The largest absolute Gasteiger partial charge is 0.486 e. The van der Waals surface area contributed by atoms with Crippen molar-refractivity contribution in [3.8, 4) is 5.75 Å². The van der Waals surface area contributed by atoms with Gasteiger partial charge in [-0.3, -0.25) is 4.79 Å². The number of piperidine rings is 1. The van der Waals surface area contributed by atoms with E-state index in [0.29, 0.717) is 6.61 Å². The molecule has 2 aliphatic heterocycles. The minimum atomic E-state index is -0.549. The number of benzene rings is 1. The van der Waals surface area contributed by atoms with Crippen LogP contribution in [0.4, 0.5) is 0 Å². The van der Waals surface area contributed by atoms with Crippen molar-refractivity contribution in [1.82, 2.24) is 5.32 Å². The van der Waals surface area contributed by atoms with Crippen LogP contribution in [0, 0.1) is 5.92 Å². The van der Waals surface area contributed by atoms with Crippen molar-refractivity contribution in [2.75, 3.05) is 19.7 Å². The Morgan fingerprint density at radius 2 is 1.93 bits per heavy atom. The van der Waals surface area contributed by atoms with E-state index in [4.69, 9.17) is 14.2 Å². The number of rotatable bonds is 4. The van der Waals surface area contributed by atoms with Crippen LogP contribution in [0.25, 0.3) is 0 Å². The Labute approximate surface area is 162 Å². The molecule has 1 N–H and O–H groups in total. The Balaban J connectivity index is 2.04. The summed E-state index contributed by atoms with van der Waals surface area (Å²) >= 11 is 0. The van der Waals surface area contributed by atoms with Crippen LogP contribution in [-0.4, -0.2) is 43.0 Å². The molecule has 1 saturated heterocycles. The molecule has 0 aromatic heterocycles. The van der Waals surface area contributed by atoms with Crippen LogP contribution >= 0.6 is 0 Å². The van der Waals surface area contributed by atoms with E-state index < -0.39 is 11.2 Å². The highest BCUT2D eigenvalue weighted by Crippen LogP contribution is 2.49. The van der Waals surface area contributed by atoms with Crippen molar-refractivity contribution >= 4 is 5.97 Å². The van der Waals surface area contributed by atoms with Crippen molar-refractivity contribution in [2.24, 2.45) is 5.92 Å². The Hall–Kier alpha value is -1.59. The van der Waals surface area contributed by atoms with Gasteiger partial charge < -0.3 is 19.5 Å². The zero-order valence-corrected chi connectivity index (χ0v) is 17.2. The average molecular weight is 376 g/mol. The van der Waals surface area contributed by atoms with Gasteiger partial charge in [-0.1, -0.05) is 18.2 Å². The van der Waals surface area contributed by atoms with Crippen molar-refractivity contribution in [3.63, 3.8) is 0 Å². The van der Waals surface area contributed by atoms with Gasteiger partial charge in [0, 0.05) is 24.3 Å². The normalized spacial score (nSPS) is 24.4. The van der Waals surface area contributed by atoms with Crippen LogP contribution in [0.15, 0.2) is 24.3 Å². The number of carbonyl (C=O) groups is 1. The summed E-state index contributed by atoms with van der Waals surface area (Å²) < 4.78 is 18.4. The second kappa shape index (κ2) is 7.80. The molecule has 2 atom stereocenters. The third kappa shape index (κ3) is 4.46. The molecule has 5 nitrogen and oxygen atoms in total. The Morgan fingerprint density at radius 3 is 2.56 bits per heavy atom. The number of hydrogen-bond donors (Lipinski definition) is 1. The molecule has 27 heavy (non-hydrogen) atoms. The van der Waals surface area contributed by atoms with Gasteiger partial charge in [0.2, 0.25) is 0 Å². The first-order chi connectivity index (χ1) is 12.7. The highest BCUT2D eigenvalue weighted by Gasteiger charge is 2.55. The summed E-state index contributed by atoms with van der Waals surface area (Å²) in [6.07, 6.45) is 1.66. The molecule has 0 bridgehead atoms. The fourth-order valence-corrected chi connectivity index (χ4v) is 4.20. The number of nitrogens with one attached hydrogen (secondary N) is 1. The van der Waals surface area contributed by atoms with Gasteiger partial charge in [0.1, 0.15) is 22.9 Å². The molecule has 0 aliphatic carbocycles. The van der Waals surface area contributed by atoms with Gasteiger partial charge >= 0.3 is 5.97 Å². The first-order valence-corrected chi connectivity index (χ1v) is 10.0. The van der Waals surface area contributed by atoms with Crippen LogP contribution in [-0.2, 0) is 14.3 Å². The van der Waals surface area contributed by atoms with Gasteiger partial charge in [-0.15, -0.1) is 0 Å². The molecule has 2 unspecified atom stereocenters. The molecule has 0 radical (unpaired) electrons. The third-order valence-corrected chi connectivity index (χ3v) is 5.32. The summed E-state index contributed by atoms with van der Waals surface area (Å²) in [4.78, 5) is 13.4. The van der Waals surface area contributed by atoms with Crippen molar-refractivity contribution in [2.45, 2.75) is 70.7 Å². The average Bonchev–Trinajstić information content (AvgIpc) is 2.58. The summed E-state index contributed by atoms with van der Waals surface area (Å²) in [7, 11) is 0. The summed E-state index contributed by atoms with van der Waals surface area (Å²) in [5.74, 6) is 0.227. The van der Waals surface area contributed by atoms with Gasteiger partial charge in [0.25, 0.3) is 0 Å². The molecule has 5 heteroatoms. The topological polar surface area (TPSA) is 56.8 Å². The van der Waals surface area contributed by atoms with E-state index in [9.17, 15) is 4.79 Å². The number of ether oxygens (including phenoxy) is 3. The number of esters is 1. The van der Waals surface area contributed by atoms with Crippen LogP contribution in [0.5, 0.6) is 5.75 Å². The summed E-state index contributed by atoms with van der Waals surface area (Å²) in [5.41, 5.74) is -0.0448. The number of para-hydroxylation sites is 1. The molecule has 3 rings (SSSR count). The lowest BCUT2D eigenvalue weighted by molar-refractivity contribution is -0.175. The van der Waals surface area contributed by atoms with E-state index in [1.165, 1.54) is 0 Å². The number of hydrogen-bond acceptors (Lipinski definition) is 5. The fraction of sp³-hybridized carbons (Fsp3) is 0.682. The highest BCUT2D eigenvalue weighted by molar-refractivity contribution is 5.77. The SMILES string of the molecule is CC(C)OCC1c2ccccc2OC2(CCNCC2)C1C(=O)OC(C)(C)C. The van der Waals surface area contributed by atoms with Crippen molar-refractivity contribution in [1.29, 1.82) is 0 Å². The maximum atomic E-state index is 13.4. The quantitative estimate of drug-likeness (QED) is 0.814. The molecule has 2 heterocycles. The first-order valence-electron chi connectivity index (χ1n) is 10.0. The van der Waals surface area contributed by atoms with Crippen LogP contribution in [0.1, 0.15) is 58.9 Å². The van der Waals surface area contributed by atoms with E-state index >= 15 is 0 Å². The van der Waals surface area contributed by atoms with Gasteiger partial charge in [0.05, 0.1) is 12.7 Å². The predicted octanol–water partition coefficient (Wildman–Crippen LogP) is 3.67. The molecule has 2 aliphatic rings. The van der Waals surface area contributed by atoms with Gasteiger partial charge in [0.15, 0.2) is 0 Å². The lowest BCUT2D eigenvalue weighted by Gasteiger charge is -2.49. The highest BCUT2D eigenvalue weighted by atomic mass is 16.6. The smallest absolute Gasteiger partial charge is 0.314 e. The summed E-state index contributed by atoms with van der Waals surface area (Å²) in [5, 5.41) is 3.39. The molecule has 1 aromatic carbocycles. The minimum absolute atomic E-state index is 0.0784. The third-order valence-electron chi connectivity index (χ3n) is 5.32. The molecular formula is C22H33NO4. The first kappa shape index (κ1) is 20.2. The summed E-state index contributed by atoms with van der Waals surface area (Å²) in [6, 6.07) is 8.04. The van der Waals surface area contributed by atoms with Gasteiger partial charge in [-0.05, 0) is 53.8 Å². The maximum absolute atomic E-state index is 13.4. The molecule has 0 amide bonds. The van der Waals surface area contributed by atoms with E-state index in [1.807, 2.05) is 52.8 Å². The zero-order chi connectivity index (χ0) is 19.7. The van der Waals surface area contributed by atoms with Gasteiger partial charge in [-0.25, -0.2) is 0 Å². The predicted molar refractivity (Wildman–Crippen MR) is 105 cm³/mol. The second-order valence-corrected chi connectivity index (χ2v) is 8.95. The van der Waals surface area contributed by atoms with Gasteiger partial charge in [-0.2, -0.15) is 0 Å². The summed E-state index contributed by atoms with van der Waals surface area (Å²) in [6.45, 7) is 11.9.